The molecule has 0 bridgehead atoms. The fraction of sp³-hybridized carbons (Fsp3) is 0.882. The van der Waals surface area contributed by atoms with Gasteiger partial charge in [-0.2, -0.15) is 0 Å². The zero-order chi connectivity index (χ0) is 16.6. The van der Waals surface area contributed by atoms with Gasteiger partial charge in [-0.15, -0.1) is 0 Å². The van der Waals surface area contributed by atoms with Crippen LogP contribution in [0.25, 0.3) is 0 Å². The van der Waals surface area contributed by atoms with E-state index in [1.54, 1.807) is 0 Å². The molecule has 0 unspecified atom stereocenters. The van der Waals surface area contributed by atoms with Crippen molar-refractivity contribution >= 4 is 11.8 Å². The Morgan fingerprint density at radius 3 is 1.95 bits per heavy atom. The number of nitrogens with one attached hydrogen (secondary N) is 2. The van der Waals surface area contributed by atoms with Crippen molar-refractivity contribution in [2.45, 2.75) is 84.1 Å². The Hall–Kier alpha value is -1.10. The Morgan fingerprint density at radius 1 is 0.909 bits per heavy atom. The minimum absolute atomic E-state index is 0.0790. The summed E-state index contributed by atoms with van der Waals surface area (Å²) in [5.74, 6) is -0.282. The second-order valence-electron chi connectivity index (χ2n) is 5.83. The van der Waals surface area contributed by atoms with Crippen molar-refractivity contribution in [3.8, 4) is 0 Å². The van der Waals surface area contributed by atoms with E-state index < -0.39 is 6.04 Å². The minimum Gasteiger partial charge on any atom is -0.355 e. The molecule has 1 atom stereocenters. The van der Waals surface area contributed by atoms with Crippen LogP contribution in [-0.2, 0) is 9.59 Å². The van der Waals surface area contributed by atoms with Crippen molar-refractivity contribution in [2.24, 2.45) is 5.73 Å². The predicted octanol–water partition coefficient (Wildman–Crippen LogP) is 2.49. The van der Waals surface area contributed by atoms with Crippen LogP contribution in [0.2, 0.25) is 0 Å². The van der Waals surface area contributed by atoms with Gasteiger partial charge in [-0.25, -0.2) is 0 Å². The lowest BCUT2D eigenvalue weighted by molar-refractivity contribution is -0.128. The van der Waals surface area contributed by atoms with Crippen molar-refractivity contribution in [2.75, 3.05) is 13.1 Å². The summed E-state index contributed by atoms with van der Waals surface area (Å²) in [6.45, 7) is 4.75. The van der Waals surface area contributed by atoms with Crippen molar-refractivity contribution in [3.63, 3.8) is 0 Å². The van der Waals surface area contributed by atoms with Crippen LogP contribution in [0.3, 0.4) is 0 Å². The number of rotatable bonds is 14. The molecule has 5 heteroatoms. The van der Waals surface area contributed by atoms with E-state index in [1.807, 2.05) is 6.92 Å². The van der Waals surface area contributed by atoms with Crippen molar-refractivity contribution < 1.29 is 9.59 Å². The minimum atomic E-state index is -0.606. The summed E-state index contributed by atoms with van der Waals surface area (Å²) in [7, 11) is 0. The molecular weight excluding hydrogens is 278 g/mol. The van der Waals surface area contributed by atoms with Gasteiger partial charge < -0.3 is 16.4 Å². The number of hydrogen-bond donors (Lipinski definition) is 3. The third-order valence-electron chi connectivity index (χ3n) is 3.75. The molecule has 0 saturated carbocycles. The highest BCUT2D eigenvalue weighted by Gasteiger charge is 2.17. The lowest BCUT2D eigenvalue weighted by Gasteiger charge is -2.16. The second-order valence-corrected chi connectivity index (χ2v) is 5.83. The largest absolute Gasteiger partial charge is 0.355 e. The molecule has 0 aliphatic heterocycles. The number of hydrogen-bond acceptors (Lipinski definition) is 3. The van der Waals surface area contributed by atoms with E-state index in [2.05, 4.69) is 17.6 Å². The van der Waals surface area contributed by atoms with Crippen molar-refractivity contribution in [1.29, 1.82) is 0 Å². The lowest BCUT2D eigenvalue weighted by Crippen LogP contribution is -2.50. The van der Waals surface area contributed by atoms with Crippen LogP contribution in [0.5, 0.6) is 0 Å². The second kappa shape index (κ2) is 14.8. The van der Waals surface area contributed by atoms with Gasteiger partial charge >= 0.3 is 0 Å². The molecule has 22 heavy (non-hydrogen) atoms. The molecule has 0 aliphatic carbocycles. The smallest absolute Gasteiger partial charge is 0.243 e. The highest BCUT2D eigenvalue weighted by molar-refractivity contribution is 5.87. The molecule has 0 aromatic heterocycles. The van der Waals surface area contributed by atoms with Gasteiger partial charge in [-0.3, -0.25) is 9.59 Å². The SMILES string of the molecule is CCCCCCCCCCCC(=O)N[C@@H](CN)C(=O)NCC. The fourth-order valence-electron chi connectivity index (χ4n) is 2.39. The molecule has 2 amide bonds. The molecule has 5 nitrogen and oxygen atoms in total. The molecule has 0 aromatic rings. The first kappa shape index (κ1) is 20.9. The number of amides is 2. The predicted molar refractivity (Wildman–Crippen MR) is 91.5 cm³/mol. The summed E-state index contributed by atoms with van der Waals surface area (Å²) in [5.41, 5.74) is 5.52. The van der Waals surface area contributed by atoms with Crippen LogP contribution in [0.4, 0.5) is 0 Å². The molecule has 4 N–H and O–H groups in total. The summed E-state index contributed by atoms with van der Waals surface area (Å²) in [5, 5.41) is 5.37. The summed E-state index contributed by atoms with van der Waals surface area (Å²) in [6.07, 6.45) is 11.5. The molecule has 0 spiro atoms. The number of nitrogens with two attached hydrogens (primary N) is 1. The standard InChI is InChI=1S/C17H35N3O2/c1-3-5-6-7-8-9-10-11-12-13-16(21)20-15(14-18)17(22)19-4-2/h15H,3-14,18H2,1-2H3,(H,19,22)(H,20,21)/t15-/m0/s1. The first-order valence-electron chi connectivity index (χ1n) is 8.92. The van der Waals surface area contributed by atoms with E-state index in [-0.39, 0.29) is 18.4 Å². The summed E-state index contributed by atoms with van der Waals surface area (Å²) >= 11 is 0. The van der Waals surface area contributed by atoms with E-state index in [0.717, 1.165) is 12.8 Å². The maximum Gasteiger partial charge on any atom is 0.243 e. The third kappa shape index (κ3) is 11.5. The Balaban J connectivity index is 3.58. The Labute approximate surface area is 135 Å². The van der Waals surface area contributed by atoms with Gasteiger partial charge in [0.25, 0.3) is 0 Å². The molecule has 0 radical (unpaired) electrons. The van der Waals surface area contributed by atoms with Crippen LogP contribution < -0.4 is 16.4 Å². The average molecular weight is 313 g/mol. The zero-order valence-corrected chi connectivity index (χ0v) is 14.5. The Morgan fingerprint density at radius 2 is 1.45 bits per heavy atom. The van der Waals surface area contributed by atoms with Gasteiger partial charge in [0.15, 0.2) is 0 Å². The molecule has 130 valence electrons. The van der Waals surface area contributed by atoms with Crippen LogP contribution in [0, 0.1) is 0 Å². The Kier molecular flexibility index (Phi) is 14.1. The van der Waals surface area contributed by atoms with Crippen LogP contribution in [0.1, 0.15) is 78.1 Å². The van der Waals surface area contributed by atoms with Gasteiger partial charge in [0, 0.05) is 19.5 Å². The van der Waals surface area contributed by atoms with Gasteiger partial charge in [0.05, 0.1) is 0 Å². The molecular formula is C17H35N3O2. The topological polar surface area (TPSA) is 84.2 Å². The molecule has 0 fully saturated rings. The van der Waals surface area contributed by atoms with Crippen LogP contribution in [0.15, 0.2) is 0 Å². The van der Waals surface area contributed by atoms with Gasteiger partial charge in [0.1, 0.15) is 6.04 Å². The van der Waals surface area contributed by atoms with Crippen LogP contribution >= 0.6 is 0 Å². The maximum absolute atomic E-state index is 11.8. The quantitative estimate of drug-likeness (QED) is 0.431. The van der Waals surface area contributed by atoms with Gasteiger partial charge in [-0.05, 0) is 13.3 Å². The highest BCUT2D eigenvalue weighted by Crippen LogP contribution is 2.10. The molecule has 0 aliphatic rings. The third-order valence-corrected chi connectivity index (χ3v) is 3.75. The van der Waals surface area contributed by atoms with E-state index in [1.165, 1.54) is 44.9 Å². The first-order chi connectivity index (χ1) is 10.7. The van der Waals surface area contributed by atoms with Crippen molar-refractivity contribution in [1.82, 2.24) is 10.6 Å². The normalized spacial score (nSPS) is 12.0. The van der Waals surface area contributed by atoms with Gasteiger partial charge in [-0.1, -0.05) is 58.3 Å². The lowest BCUT2D eigenvalue weighted by atomic mass is 10.1. The first-order valence-corrected chi connectivity index (χ1v) is 8.92. The molecule has 0 heterocycles. The number of likely N-dealkylation sites (N-methyl/N-ethyl adjacent to an activating group) is 1. The number of carbonyl (C=O) groups is 2. The molecule has 0 saturated heterocycles. The van der Waals surface area contributed by atoms with Crippen LogP contribution in [-0.4, -0.2) is 30.9 Å². The van der Waals surface area contributed by atoms with E-state index >= 15 is 0 Å². The Bertz CT molecular complexity index is 296. The molecule has 0 rings (SSSR count). The summed E-state index contributed by atoms with van der Waals surface area (Å²) < 4.78 is 0. The van der Waals surface area contributed by atoms with E-state index in [4.69, 9.17) is 5.73 Å². The highest BCUT2D eigenvalue weighted by atomic mass is 16.2. The molecule has 0 aromatic carbocycles. The summed E-state index contributed by atoms with van der Waals surface area (Å²) in [4.78, 5) is 23.4. The van der Waals surface area contributed by atoms with Crippen molar-refractivity contribution in [3.05, 3.63) is 0 Å². The monoisotopic (exact) mass is 313 g/mol. The maximum atomic E-state index is 11.8. The average Bonchev–Trinajstić information content (AvgIpc) is 2.51. The fourth-order valence-corrected chi connectivity index (χ4v) is 2.39. The zero-order valence-electron chi connectivity index (χ0n) is 14.5. The summed E-state index contributed by atoms with van der Waals surface area (Å²) in [6, 6.07) is -0.606. The van der Waals surface area contributed by atoms with E-state index in [9.17, 15) is 9.59 Å². The van der Waals surface area contributed by atoms with E-state index in [0.29, 0.717) is 13.0 Å². The number of unbranched alkanes of at least 4 members (excludes halogenated alkanes) is 8. The van der Waals surface area contributed by atoms with Gasteiger partial charge in [0.2, 0.25) is 11.8 Å². The number of carbonyl (C=O) groups excluding carboxylic acids is 2.